The van der Waals surface area contributed by atoms with Gasteiger partial charge in [0.1, 0.15) is 5.76 Å². The van der Waals surface area contributed by atoms with Crippen LogP contribution in [0.15, 0.2) is 16.7 Å². The Hall–Kier alpha value is -1.82. The summed E-state index contributed by atoms with van der Waals surface area (Å²) in [5, 5.41) is 6.40. The highest BCUT2D eigenvalue weighted by Gasteiger charge is 2.25. The second-order valence-corrected chi connectivity index (χ2v) is 6.92. The molecule has 1 unspecified atom stereocenters. The number of carbonyl (C=O) groups is 2. The van der Waals surface area contributed by atoms with Crippen LogP contribution < -0.4 is 10.6 Å². The molecule has 6 nitrogen and oxygen atoms in total. The van der Waals surface area contributed by atoms with Gasteiger partial charge in [-0.05, 0) is 57.7 Å². The van der Waals surface area contributed by atoms with Gasteiger partial charge < -0.3 is 20.0 Å². The maximum absolute atomic E-state index is 12.3. The lowest BCUT2D eigenvalue weighted by Crippen LogP contribution is -2.46. The molecule has 2 aliphatic heterocycles. The van der Waals surface area contributed by atoms with E-state index in [2.05, 4.69) is 10.6 Å². The van der Waals surface area contributed by atoms with Gasteiger partial charge in [0.15, 0.2) is 0 Å². The topological polar surface area (TPSA) is 74.6 Å². The van der Waals surface area contributed by atoms with Crippen molar-refractivity contribution < 1.29 is 14.0 Å². The largest absolute Gasteiger partial charge is 0.469 e. The fraction of sp³-hybridized carbons (Fsp3) is 0.667. The lowest BCUT2D eigenvalue weighted by Gasteiger charge is -2.32. The molecular formula is C18H27N3O3. The van der Waals surface area contributed by atoms with Gasteiger partial charge in [-0.2, -0.15) is 0 Å². The van der Waals surface area contributed by atoms with Crippen molar-refractivity contribution in [1.82, 2.24) is 15.5 Å². The molecule has 1 aromatic rings. The van der Waals surface area contributed by atoms with Crippen molar-refractivity contribution >= 4 is 11.8 Å². The molecule has 0 aromatic carbocycles. The molecule has 0 saturated carbocycles. The van der Waals surface area contributed by atoms with E-state index in [9.17, 15) is 9.59 Å². The first-order chi connectivity index (χ1) is 11.6. The van der Waals surface area contributed by atoms with Crippen molar-refractivity contribution in [1.29, 1.82) is 0 Å². The van der Waals surface area contributed by atoms with Gasteiger partial charge in [-0.15, -0.1) is 0 Å². The van der Waals surface area contributed by atoms with Crippen LogP contribution in [0.3, 0.4) is 0 Å². The van der Waals surface area contributed by atoms with Gasteiger partial charge in [0.2, 0.25) is 5.91 Å². The fourth-order valence-corrected chi connectivity index (χ4v) is 3.60. The smallest absolute Gasteiger partial charge is 0.255 e. The normalized spacial score (nSPS) is 21.9. The Morgan fingerprint density at radius 3 is 2.75 bits per heavy atom. The number of furan rings is 1. The minimum absolute atomic E-state index is 0.0836. The van der Waals surface area contributed by atoms with Gasteiger partial charge in [0.05, 0.1) is 11.8 Å². The van der Waals surface area contributed by atoms with Crippen LogP contribution in [0.5, 0.6) is 0 Å². The van der Waals surface area contributed by atoms with Crippen LogP contribution in [0, 0.1) is 12.8 Å². The molecule has 132 valence electrons. The first kappa shape index (κ1) is 17.0. The predicted octanol–water partition coefficient (Wildman–Crippen LogP) is 1.70. The average molecular weight is 333 g/mol. The van der Waals surface area contributed by atoms with E-state index in [1.165, 1.54) is 12.7 Å². The molecule has 2 fully saturated rings. The predicted molar refractivity (Wildman–Crippen MR) is 90.7 cm³/mol. The van der Waals surface area contributed by atoms with E-state index in [-0.39, 0.29) is 17.9 Å². The first-order valence-electron chi connectivity index (χ1n) is 8.97. The van der Waals surface area contributed by atoms with Gasteiger partial charge in [0.25, 0.3) is 5.91 Å². The van der Waals surface area contributed by atoms with E-state index in [0.717, 1.165) is 45.4 Å². The summed E-state index contributed by atoms with van der Waals surface area (Å²) in [6, 6.07) is 1.83. The number of amides is 2. The number of nitrogens with one attached hydrogen (secondary N) is 2. The Labute approximate surface area is 143 Å². The van der Waals surface area contributed by atoms with Gasteiger partial charge in [0, 0.05) is 25.6 Å². The summed E-state index contributed by atoms with van der Waals surface area (Å²) < 4.78 is 5.17. The number of hydrogen-bond donors (Lipinski definition) is 2. The SMILES string of the molecule is Cc1occc1C(=O)NC1CCN(C(=O)CCC2CCNC2)CC1. The van der Waals surface area contributed by atoms with Gasteiger partial charge in [-0.3, -0.25) is 9.59 Å². The molecule has 24 heavy (non-hydrogen) atoms. The zero-order valence-corrected chi connectivity index (χ0v) is 14.3. The fourth-order valence-electron chi connectivity index (χ4n) is 3.60. The molecule has 2 N–H and O–H groups in total. The van der Waals surface area contributed by atoms with E-state index in [0.29, 0.717) is 23.7 Å². The Kier molecular flexibility index (Phi) is 5.56. The molecule has 1 atom stereocenters. The Morgan fingerprint density at radius 1 is 1.33 bits per heavy atom. The van der Waals surface area contributed by atoms with Crippen LogP contribution in [-0.2, 0) is 4.79 Å². The van der Waals surface area contributed by atoms with E-state index in [1.807, 2.05) is 4.90 Å². The lowest BCUT2D eigenvalue weighted by molar-refractivity contribution is -0.132. The maximum atomic E-state index is 12.3. The summed E-state index contributed by atoms with van der Waals surface area (Å²) in [7, 11) is 0. The molecule has 0 radical (unpaired) electrons. The molecule has 6 heteroatoms. The molecule has 0 spiro atoms. The Bertz CT molecular complexity index is 570. The zero-order valence-electron chi connectivity index (χ0n) is 14.3. The maximum Gasteiger partial charge on any atom is 0.255 e. The standard InChI is InChI=1S/C18H27N3O3/c1-13-16(7-11-24-13)18(23)20-15-5-9-21(10-6-15)17(22)3-2-14-4-8-19-12-14/h7,11,14-15,19H,2-6,8-10,12H2,1H3,(H,20,23). The molecule has 2 amide bonds. The molecule has 3 rings (SSSR count). The Balaban J connectivity index is 1.39. The quantitative estimate of drug-likeness (QED) is 0.860. The highest BCUT2D eigenvalue weighted by molar-refractivity contribution is 5.95. The van der Waals surface area contributed by atoms with E-state index in [4.69, 9.17) is 4.42 Å². The third-order valence-electron chi connectivity index (χ3n) is 5.22. The van der Waals surface area contributed by atoms with Crippen LogP contribution in [0.25, 0.3) is 0 Å². The molecular weight excluding hydrogens is 306 g/mol. The summed E-state index contributed by atoms with van der Waals surface area (Å²) in [6.45, 7) is 5.39. The number of piperidine rings is 1. The van der Waals surface area contributed by atoms with Crippen molar-refractivity contribution in [3.8, 4) is 0 Å². The zero-order chi connectivity index (χ0) is 16.9. The molecule has 1 aromatic heterocycles. The van der Waals surface area contributed by atoms with Crippen molar-refractivity contribution in [2.45, 2.75) is 45.1 Å². The molecule has 3 heterocycles. The molecule has 2 aliphatic rings. The third-order valence-corrected chi connectivity index (χ3v) is 5.22. The van der Waals surface area contributed by atoms with Gasteiger partial charge in [-0.25, -0.2) is 0 Å². The second kappa shape index (κ2) is 7.83. The van der Waals surface area contributed by atoms with Crippen molar-refractivity contribution in [3.63, 3.8) is 0 Å². The minimum atomic E-state index is -0.0836. The Morgan fingerprint density at radius 2 is 2.12 bits per heavy atom. The summed E-state index contributed by atoms with van der Waals surface area (Å²) in [5.41, 5.74) is 0.596. The van der Waals surface area contributed by atoms with Crippen LogP contribution in [0.2, 0.25) is 0 Å². The first-order valence-corrected chi connectivity index (χ1v) is 8.97. The van der Waals surface area contributed by atoms with Gasteiger partial charge >= 0.3 is 0 Å². The monoisotopic (exact) mass is 333 g/mol. The van der Waals surface area contributed by atoms with Crippen molar-refractivity contribution in [2.75, 3.05) is 26.2 Å². The average Bonchev–Trinajstić information content (AvgIpc) is 3.24. The van der Waals surface area contributed by atoms with Crippen molar-refractivity contribution in [3.05, 3.63) is 23.7 Å². The number of aryl methyl sites for hydroxylation is 1. The summed E-state index contributed by atoms with van der Waals surface area (Å²) in [6.07, 6.45) is 6.00. The lowest BCUT2D eigenvalue weighted by atomic mass is 10.0. The minimum Gasteiger partial charge on any atom is -0.469 e. The number of nitrogens with zero attached hydrogens (tertiary/aromatic N) is 1. The van der Waals surface area contributed by atoms with E-state index >= 15 is 0 Å². The molecule has 0 aliphatic carbocycles. The van der Waals surface area contributed by atoms with E-state index < -0.39 is 0 Å². The highest BCUT2D eigenvalue weighted by Crippen LogP contribution is 2.18. The molecule has 0 bridgehead atoms. The van der Waals surface area contributed by atoms with Crippen LogP contribution in [0.1, 0.15) is 48.2 Å². The van der Waals surface area contributed by atoms with Crippen molar-refractivity contribution in [2.24, 2.45) is 5.92 Å². The third kappa shape index (κ3) is 4.17. The summed E-state index contributed by atoms with van der Waals surface area (Å²) in [5.74, 6) is 1.47. The number of carbonyl (C=O) groups excluding carboxylic acids is 2. The number of hydrogen-bond acceptors (Lipinski definition) is 4. The second-order valence-electron chi connectivity index (χ2n) is 6.92. The van der Waals surface area contributed by atoms with Gasteiger partial charge in [-0.1, -0.05) is 0 Å². The van der Waals surface area contributed by atoms with Crippen LogP contribution in [-0.4, -0.2) is 48.9 Å². The van der Waals surface area contributed by atoms with Crippen LogP contribution in [0.4, 0.5) is 0 Å². The van der Waals surface area contributed by atoms with E-state index in [1.54, 1.807) is 13.0 Å². The summed E-state index contributed by atoms with van der Waals surface area (Å²) >= 11 is 0. The van der Waals surface area contributed by atoms with Crippen LogP contribution >= 0.6 is 0 Å². The number of rotatable bonds is 5. The molecule has 2 saturated heterocycles. The summed E-state index contributed by atoms with van der Waals surface area (Å²) in [4.78, 5) is 26.5. The number of likely N-dealkylation sites (tertiary alicyclic amines) is 1. The highest BCUT2D eigenvalue weighted by atomic mass is 16.3.